The third-order valence-electron chi connectivity index (χ3n) is 5.91. The van der Waals surface area contributed by atoms with Crippen LogP contribution in [-0.4, -0.2) is 56.7 Å². The smallest absolute Gasteiger partial charge is 0.333 e. The van der Waals surface area contributed by atoms with Gasteiger partial charge >= 0.3 is 5.69 Å². The Morgan fingerprint density at radius 1 is 1.15 bits per heavy atom. The van der Waals surface area contributed by atoms with E-state index in [0.29, 0.717) is 49.0 Å². The van der Waals surface area contributed by atoms with Gasteiger partial charge in [0.1, 0.15) is 5.82 Å². The molecule has 1 saturated heterocycles. The zero-order valence-electron chi connectivity index (χ0n) is 19.5. The molecule has 2 aromatic heterocycles. The molecule has 1 aliphatic heterocycles. The second-order valence-corrected chi connectivity index (χ2v) is 10.9. The zero-order valence-corrected chi connectivity index (χ0v) is 20.3. The number of hydrogen-bond donors (Lipinski definition) is 1. The Morgan fingerprint density at radius 3 is 2.44 bits per heavy atom. The van der Waals surface area contributed by atoms with Gasteiger partial charge in [-0.2, -0.15) is 0 Å². The maximum Gasteiger partial charge on any atom is 0.333 e. The summed E-state index contributed by atoms with van der Waals surface area (Å²) in [6.45, 7) is 6.31. The van der Waals surface area contributed by atoms with Gasteiger partial charge in [-0.05, 0) is 63.9 Å². The van der Waals surface area contributed by atoms with Crippen LogP contribution in [-0.2, 0) is 10.0 Å². The highest BCUT2D eigenvalue weighted by Crippen LogP contribution is 2.27. The van der Waals surface area contributed by atoms with Crippen LogP contribution in [0.15, 0.2) is 47.5 Å². The van der Waals surface area contributed by atoms with E-state index >= 15 is 0 Å². The zero-order chi connectivity index (χ0) is 24.5. The number of imidazole rings is 1. The van der Waals surface area contributed by atoms with Gasteiger partial charge in [0.2, 0.25) is 16.0 Å². The fourth-order valence-electron chi connectivity index (χ4n) is 4.16. The van der Waals surface area contributed by atoms with E-state index in [1.54, 1.807) is 42.1 Å². The average Bonchev–Trinajstić information content (AvgIpc) is 3.16. The van der Waals surface area contributed by atoms with Crippen LogP contribution in [0.3, 0.4) is 0 Å². The largest absolute Gasteiger partial charge is 0.352 e. The van der Waals surface area contributed by atoms with Crippen molar-refractivity contribution in [3.63, 3.8) is 0 Å². The van der Waals surface area contributed by atoms with Crippen molar-refractivity contribution in [2.24, 2.45) is 0 Å². The molecule has 1 fully saturated rings. The molecule has 0 spiro atoms. The van der Waals surface area contributed by atoms with E-state index in [0.717, 1.165) is 0 Å². The van der Waals surface area contributed by atoms with Crippen LogP contribution < -0.4 is 11.0 Å². The van der Waals surface area contributed by atoms with Crippen molar-refractivity contribution < 1.29 is 12.8 Å². The first kappa shape index (κ1) is 24.1. The number of halogens is 1. The molecule has 0 atom stereocenters. The first-order chi connectivity index (χ1) is 16.2. The fraction of sp³-hybridized carbons (Fsp3) is 0.435. The predicted octanol–water partition coefficient (Wildman–Crippen LogP) is 3.04. The van der Waals surface area contributed by atoms with Gasteiger partial charge in [-0.3, -0.25) is 9.13 Å². The summed E-state index contributed by atoms with van der Waals surface area (Å²) in [6, 6.07) is 7.41. The van der Waals surface area contributed by atoms with Crippen molar-refractivity contribution in [2.75, 3.05) is 24.2 Å². The Bertz CT molecular complexity index is 1310. The van der Waals surface area contributed by atoms with Crippen molar-refractivity contribution in [2.45, 2.75) is 45.7 Å². The highest BCUT2D eigenvalue weighted by atomic mass is 32.2. The van der Waals surface area contributed by atoms with Crippen LogP contribution in [0.4, 0.5) is 10.3 Å². The molecule has 1 N–H and O–H groups in total. The van der Waals surface area contributed by atoms with Crippen LogP contribution >= 0.6 is 0 Å². The third kappa shape index (κ3) is 4.90. The van der Waals surface area contributed by atoms with E-state index < -0.39 is 15.8 Å². The van der Waals surface area contributed by atoms with Gasteiger partial charge in [-0.1, -0.05) is 0 Å². The summed E-state index contributed by atoms with van der Waals surface area (Å²) >= 11 is 0. The van der Waals surface area contributed by atoms with Crippen molar-refractivity contribution >= 4 is 16.0 Å². The Kier molecular flexibility index (Phi) is 6.85. The number of piperidine rings is 1. The van der Waals surface area contributed by atoms with Gasteiger partial charge in [0.25, 0.3) is 0 Å². The molecule has 3 aromatic rings. The first-order valence-corrected chi connectivity index (χ1v) is 13.0. The van der Waals surface area contributed by atoms with E-state index in [9.17, 15) is 17.6 Å². The molecular weight excluding hydrogens is 459 g/mol. The number of sulfonamides is 1. The van der Waals surface area contributed by atoms with Crippen LogP contribution in [0.5, 0.6) is 0 Å². The number of hydrogen-bond acceptors (Lipinski definition) is 6. The molecule has 0 saturated carbocycles. The summed E-state index contributed by atoms with van der Waals surface area (Å²) in [5, 5.41) is 3.16. The monoisotopic (exact) mass is 488 g/mol. The highest BCUT2D eigenvalue weighted by Gasteiger charge is 2.29. The summed E-state index contributed by atoms with van der Waals surface area (Å²) in [5.41, 5.74) is 1.33. The predicted molar refractivity (Wildman–Crippen MR) is 129 cm³/mol. The van der Waals surface area contributed by atoms with Crippen molar-refractivity contribution in [1.29, 1.82) is 0 Å². The molecular formula is C23H29FN6O3S. The number of rotatable bonds is 7. The molecule has 34 heavy (non-hydrogen) atoms. The van der Waals surface area contributed by atoms with E-state index in [4.69, 9.17) is 0 Å². The van der Waals surface area contributed by atoms with E-state index in [1.807, 2.05) is 13.8 Å². The van der Waals surface area contributed by atoms with Crippen molar-refractivity contribution in [3.05, 3.63) is 59.0 Å². The lowest BCUT2D eigenvalue weighted by molar-refractivity contribution is 0.270. The van der Waals surface area contributed by atoms with Crippen molar-refractivity contribution in [1.82, 2.24) is 23.4 Å². The summed E-state index contributed by atoms with van der Waals surface area (Å²) in [5.74, 6) is 0.104. The molecule has 0 amide bonds. The SMILES string of the molecule is CCS(=O)(=O)N1CCC(n2cc(-c3ccnc(NC(C)C)n3)n(-c3ccc(F)cc3)c2=O)CC1. The van der Waals surface area contributed by atoms with E-state index in [-0.39, 0.29) is 23.5 Å². The second-order valence-electron chi connectivity index (χ2n) is 8.61. The molecule has 9 nitrogen and oxygen atoms in total. The number of benzene rings is 1. The molecule has 182 valence electrons. The van der Waals surface area contributed by atoms with Gasteiger partial charge in [-0.25, -0.2) is 31.9 Å². The van der Waals surface area contributed by atoms with Gasteiger partial charge in [0.15, 0.2) is 0 Å². The second kappa shape index (κ2) is 9.67. The van der Waals surface area contributed by atoms with Crippen LogP contribution in [0.2, 0.25) is 0 Å². The molecule has 1 aliphatic rings. The van der Waals surface area contributed by atoms with Gasteiger partial charge in [-0.15, -0.1) is 0 Å². The molecule has 3 heterocycles. The molecule has 1 aromatic carbocycles. The van der Waals surface area contributed by atoms with Gasteiger partial charge < -0.3 is 5.32 Å². The highest BCUT2D eigenvalue weighted by molar-refractivity contribution is 7.89. The Balaban J connectivity index is 1.76. The molecule has 0 unspecified atom stereocenters. The van der Waals surface area contributed by atoms with Crippen LogP contribution in [0.25, 0.3) is 17.1 Å². The fourth-order valence-corrected chi connectivity index (χ4v) is 5.29. The number of nitrogens with zero attached hydrogens (tertiary/aromatic N) is 5. The minimum Gasteiger partial charge on any atom is -0.352 e. The first-order valence-electron chi connectivity index (χ1n) is 11.4. The summed E-state index contributed by atoms with van der Waals surface area (Å²) in [7, 11) is -3.26. The number of anilines is 1. The lowest BCUT2D eigenvalue weighted by atomic mass is 10.1. The topological polar surface area (TPSA) is 102 Å². The standard InChI is InChI=1S/C23H29FN6O3S/c1-4-34(32,33)28-13-10-18(11-14-28)29-15-21(20-9-12-25-22(27-20)26-16(2)3)30(23(29)31)19-7-5-17(24)6-8-19/h5-9,12,15-16,18H,4,10-11,13-14H2,1-3H3,(H,25,26,27). The number of nitrogens with one attached hydrogen (secondary N) is 1. The molecule has 0 aliphatic carbocycles. The Hall–Kier alpha value is -3.05. The normalized spacial score (nSPS) is 15.7. The quantitative estimate of drug-likeness (QED) is 0.549. The Labute approximate surface area is 198 Å². The number of aromatic nitrogens is 4. The van der Waals surface area contributed by atoms with E-state index in [1.165, 1.54) is 21.0 Å². The van der Waals surface area contributed by atoms with Crippen LogP contribution in [0.1, 0.15) is 39.7 Å². The minimum absolute atomic E-state index is 0.0587. The van der Waals surface area contributed by atoms with Crippen molar-refractivity contribution in [3.8, 4) is 17.1 Å². The van der Waals surface area contributed by atoms with Gasteiger partial charge in [0.05, 0.1) is 22.8 Å². The van der Waals surface area contributed by atoms with Gasteiger partial charge in [0, 0.05) is 37.6 Å². The molecule has 11 heteroatoms. The minimum atomic E-state index is -3.26. The summed E-state index contributed by atoms with van der Waals surface area (Å²) in [6.07, 6.45) is 4.42. The molecule has 0 bridgehead atoms. The molecule has 4 rings (SSSR count). The lowest BCUT2D eigenvalue weighted by Crippen LogP contribution is -2.41. The third-order valence-corrected chi connectivity index (χ3v) is 7.79. The summed E-state index contributed by atoms with van der Waals surface area (Å²) in [4.78, 5) is 22.4. The maximum atomic E-state index is 13.6. The van der Waals surface area contributed by atoms with E-state index in [2.05, 4.69) is 15.3 Å². The summed E-state index contributed by atoms with van der Waals surface area (Å²) < 4.78 is 42.7. The van der Waals surface area contributed by atoms with Crippen LogP contribution in [0, 0.1) is 5.82 Å². The molecule has 0 radical (unpaired) electrons. The lowest BCUT2D eigenvalue weighted by Gasteiger charge is -2.31. The maximum absolute atomic E-state index is 13.6. The Morgan fingerprint density at radius 2 is 1.82 bits per heavy atom. The average molecular weight is 489 g/mol.